The molecule has 0 unspecified atom stereocenters. The maximum absolute atomic E-state index is 11.7. The Hall–Kier alpha value is -2.70. The number of hydrogen-bond donors (Lipinski definition) is 0. The summed E-state index contributed by atoms with van der Waals surface area (Å²) in [5.41, 5.74) is 0.527. The van der Waals surface area contributed by atoms with E-state index in [1.165, 1.54) is 6.92 Å². The number of nitrogens with zero attached hydrogens (tertiary/aromatic N) is 2. The number of carbonyl (C=O) groups is 2. The van der Waals surface area contributed by atoms with Crippen molar-refractivity contribution in [1.82, 2.24) is 10.3 Å². The first-order chi connectivity index (χ1) is 9.63. The first-order valence-electron chi connectivity index (χ1n) is 5.91. The Morgan fingerprint density at radius 2 is 2.00 bits per heavy atom. The Morgan fingerprint density at radius 1 is 1.25 bits per heavy atom. The predicted molar refractivity (Wildman–Crippen MR) is 67.0 cm³/mol. The van der Waals surface area contributed by atoms with Gasteiger partial charge in [0.25, 0.3) is 0 Å². The monoisotopic (exact) mass is 276 g/mol. The summed E-state index contributed by atoms with van der Waals surface area (Å²) in [5.74, 6) is -0.866. The number of para-hydroxylation sites is 1. The lowest BCUT2D eigenvalue weighted by atomic mass is 10.1. The first kappa shape index (κ1) is 13.7. The fourth-order valence-corrected chi connectivity index (χ4v) is 1.60. The van der Waals surface area contributed by atoms with Gasteiger partial charge >= 0.3 is 11.9 Å². The van der Waals surface area contributed by atoms with Gasteiger partial charge in [0.2, 0.25) is 5.69 Å². The van der Waals surface area contributed by atoms with Crippen molar-refractivity contribution >= 4 is 11.9 Å². The molecule has 1 aromatic heterocycles. The van der Waals surface area contributed by atoms with Crippen LogP contribution in [0.15, 0.2) is 28.9 Å². The Kier molecular flexibility index (Phi) is 4.09. The van der Waals surface area contributed by atoms with Crippen molar-refractivity contribution < 1.29 is 23.7 Å². The number of aromatic nitrogens is 2. The maximum Gasteiger partial charge on any atom is 0.362 e. The van der Waals surface area contributed by atoms with Gasteiger partial charge < -0.3 is 9.47 Å². The Labute approximate surface area is 114 Å². The fraction of sp³-hybridized carbons (Fsp3) is 0.231. The van der Waals surface area contributed by atoms with Crippen LogP contribution in [0.5, 0.6) is 5.75 Å². The van der Waals surface area contributed by atoms with Gasteiger partial charge in [-0.3, -0.25) is 4.79 Å². The van der Waals surface area contributed by atoms with E-state index in [1.54, 1.807) is 31.2 Å². The van der Waals surface area contributed by atoms with E-state index in [1.807, 2.05) is 0 Å². The lowest BCUT2D eigenvalue weighted by Crippen LogP contribution is -2.08. The summed E-state index contributed by atoms with van der Waals surface area (Å²) >= 11 is 0. The van der Waals surface area contributed by atoms with Crippen LogP contribution in [0.25, 0.3) is 11.3 Å². The molecule has 0 fully saturated rings. The highest BCUT2D eigenvalue weighted by atomic mass is 16.6. The van der Waals surface area contributed by atoms with Crippen LogP contribution in [0.2, 0.25) is 0 Å². The van der Waals surface area contributed by atoms with Crippen LogP contribution in [-0.2, 0) is 9.53 Å². The third kappa shape index (κ3) is 2.82. The summed E-state index contributed by atoms with van der Waals surface area (Å²) in [4.78, 5) is 22.8. The fourth-order valence-electron chi connectivity index (χ4n) is 1.60. The third-order valence-corrected chi connectivity index (χ3v) is 2.35. The molecule has 7 heteroatoms. The van der Waals surface area contributed by atoms with Crippen molar-refractivity contribution in [2.75, 3.05) is 6.61 Å². The van der Waals surface area contributed by atoms with Gasteiger partial charge in [0.15, 0.2) is 5.69 Å². The molecule has 0 N–H and O–H groups in total. The zero-order chi connectivity index (χ0) is 14.5. The van der Waals surface area contributed by atoms with Crippen LogP contribution < -0.4 is 4.74 Å². The maximum atomic E-state index is 11.7. The van der Waals surface area contributed by atoms with E-state index in [2.05, 4.69) is 14.9 Å². The largest absolute Gasteiger partial charge is 0.461 e. The first-order valence-corrected chi connectivity index (χ1v) is 5.91. The quantitative estimate of drug-likeness (QED) is 0.621. The second-order valence-corrected chi connectivity index (χ2v) is 3.77. The van der Waals surface area contributed by atoms with Crippen LogP contribution in [0.1, 0.15) is 24.3 Å². The summed E-state index contributed by atoms with van der Waals surface area (Å²) in [6.07, 6.45) is 0. The highest BCUT2D eigenvalue weighted by molar-refractivity contribution is 5.94. The second-order valence-electron chi connectivity index (χ2n) is 3.77. The van der Waals surface area contributed by atoms with E-state index in [0.29, 0.717) is 5.56 Å². The van der Waals surface area contributed by atoms with Gasteiger partial charge in [0.05, 0.1) is 6.61 Å². The van der Waals surface area contributed by atoms with Crippen molar-refractivity contribution in [1.29, 1.82) is 0 Å². The second kappa shape index (κ2) is 5.96. The van der Waals surface area contributed by atoms with Crippen molar-refractivity contribution in [2.24, 2.45) is 0 Å². The molecule has 104 valence electrons. The molecule has 0 saturated carbocycles. The van der Waals surface area contributed by atoms with Gasteiger partial charge in [-0.15, -0.1) is 0 Å². The number of hydrogen-bond acceptors (Lipinski definition) is 7. The van der Waals surface area contributed by atoms with E-state index >= 15 is 0 Å². The third-order valence-electron chi connectivity index (χ3n) is 2.35. The molecule has 0 aliphatic heterocycles. The topological polar surface area (TPSA) is 91.5 Å². The van der Waals surface area contributed by atoms with E-state index < -0.39 is 11.9 Å². The molecule has 2 rings (SSSR count). The molecule has 0 spiro atoms. The average Bonchev–Trinajstić information content (AvgIpc) is 2.88. The number of ether oxygens (including phenoxy) is 2. The van der Waals surface area contributed by atoms with Gasteiger partial charge in [0.1, 0.15) is 5.75 Å². The van der Waals surface area contributed by atoms with Gasteiger partial charge in [-0.25, -0.2) is 9.42 Å². The van der Waals surface area contributed by atoms with Crippen molar-refractivity contribution in [2.45, 2.75) is 13.8 Å². The molecule has 1 heterocycles. The van der Waals surface area contributed by atoms with Crippen LogP contribution in [-0.4, -0.2) is 28.9 Å². The van der Waals surface area contributed by atoms with Gasteiger partial charge in [0, 0.05) is 12.5 Å². The number of esters is 2. The van der Waals surface area contributed by atoms with Crippen LogP contribution in [0, 0.1) is 0 Å². The summed E-state index contributed by atoms with van der Waals surface area (Å²) < 4.78 is 14.5. The lowest BCUT2D eigenvalue weighted by Gasteiger charge is -2.06. The molecule has 0 aliphatic rings. The normalized spacial score (nSPS) is 10.1. The SMILES string of the molecule is CCOC(=O)c1nonc1-c1ccccc1OC(C)=O. The van der Waals surface area contributed by atoms with Gasteiger partial charge in [-0.2, -0.15) is 0 Å². The lowest BCUT2D eigenvalue weighted by molar-refractivity contribution is -0.131. The molecular weight excluding hydrogens is 264 g/mol. The molecule has 1 aromatic carbocycles. The zero-order valence-electron chi connectivity index (χ0n) is 11.0. The van der Waals surface area contributed by atoms with E-state index in [9.17, 15) is 9.59 Å². The number of carbonyl (C=O) groups excluding carboxylic acids is 2. The Balaban J connectivity index is 2.45. The minimum Gasteiger partial charge on any atom is -0.461 e. The van der Waals surface area contributed by atoms with E-state index in [0.717, 1.165) is 0 Å². The molecule has 7 nitrogen and oxygen atoms in total. The highest BCUT2D eigenvalue weighted by Crippen LogP contribution is 2.30. The van der Waals surface area contributed by atoms with Crippen molar-refractivity contribution in [3.63, 3.8) is 0 Å². The van der Waals surface area contributed by atoms with Crippen LogP contribution in [0.4, 0.5) is 0 Å². The van der Waals surface area contributed by atoms with E-state index in [-0.39, 0.29) is 23.7 Å². The summed E-state index contributed by atoms with van der Waals surface area (Å²) in [5, 5.41) is 7.21. The van der Waals surface area contributed by atoms with Crippen molar-refractivity contribution in [3.05, 3.63) is 30.0 Å². The Bertz CT molecular complexity index is 635. The van der Waals surface area contributed by atoms with Crippen molar-refractivity contribution in [3.8, 4) is 17.0 Å². The van der Waals surface area contributed by atoms with Gasteiger partial charge in [-0.1, -0.05) is 12.1 Å². The smallest absolute Gasteiger partial charge is 0.362 e. The van der Waals surface area contributed by atoms with Gasteiger partial charge in [-0.05, 0) is 29.4 Å². The number of benzene rings is 1. The molecule has 20 heavy (non-hydrogen) atoms. The minimum absolute atomic E-state index is 0.0635. The molecule has 2 aromatic rings. The zero-order valence-corrected chi connectivity index (χ0v) is 11.0. The summed E-state index contributed by atoms with van der Waals surface area (Å²) in [6, 6.07) is 6.63. The summed E-state index contributed by atoms with van der Waals surface area (Å²) in [6.45, 7) is 3.17. The molecule has 0 saturated heterocycles. The minimum atomic E-state index is -0.652. The summed E-state index contributed by atoms with van der Waals surface area (Å²) in [7, 11) is 0. The standard InChI is InChI=1S/C13H12N2O5/c1-3-18-13(17)12-11(14-20-15-12)9-6-4-5-7-10(9)19-8(2)16/h4-7H,3H2,1-2H3. The van der Waals surface area contributed by atoms with Crippen LogP contribution >= 0.6 is 0 Å². The molecular formula is C13H12N2O5. The highest BCUT2D eigenvalue weighted by Gasteiger charge is 2.23. The predicted octanol–water partition coefficient (Wildman–Crippen LogP) is 1.84. The average molecular weight is 276 g/mol. The Morgan fingerprint density at radius 3 is 2.70 bits per heavy atom. The molecule has 0 atom stereocenters. The molecule has 0 amide bonds. The van der Waals surface area contributed by atoms with E-state index in [4.69, 9.17) is 9.47 Å². The number of rotatable bonds is 4. The molecule has 0 radical (unpaired) electrons. The molecule has 0 aliphatic carbocycles. The molecule has 0 bridgehead atoms. The van der Waals surface area contributed by atoms with Crippen LogP contribution in [0.3, 0.4) is 0 Å².